The highest BCUT2D eigenvalue weighted by molar-refractivity contribution is 6.06. The van der Waals surface area contributed by atoms with Crippen LogP contribution in [0.1, 0.15) is 18.4 Å². The average Bonchev–Trinajstić information content (AvgIpc) is 2.95. The second-order valence-corrected chi connectivity index (χ2v) is 9.49. The molecule has 2 saturated heterocycles. The molecule has 0 spiro atoms. The second-order valence-electron chi connectivity index (χ2n) is 9.49. The summed E-state index contributed by atoms with van der Waals surface area (Å²) >= 11 is 0. The van der Waals surface area contributed by atoms with Crippen molar-refractivity contribution in [1.29, 1.82) is 0 Å². The Labute approximate surface area is 224 Å². The molecule has 1 aromatic carbocycles. The molecule has 4 heterocycles. The summed E-state index contributed by atoms with van der Waals surface area (Å²) in [4.78, 5) is 19.6. The van der Waals surface area contributed by atoms with Crippen molar-refractivity contribution in [2.75, 3.05) is 49.7 Å². The highest BCUT2D eigenvalue weighted by Crippen LogP contribution is 2.35. The van der Waals surface area contributed by atoms with Gasteiger partial charge in [-0.2, -0.15) is 13.2 Å². The number of aromatic nitrogens is 1. The molecular weight excluding hydrogens is 515 g/mol. The van der Waals surface area contributed by atoms with E-state index in [9.17, 15) is 18.0 Å². The van der Waals surface area contributed by atoms with Gasteiger partial charge in [0, 0.05) is 49.6 Å². The van der Waals surface area contributed by atoms with Gasteiger partial charge in [0.25, 0.3) is 5.91 Å². The summed E-state index contributed by atoms with van der Waals surface area (Å²) in [5, 5.41) is 2.69. The lowest BCUT2D eigenvalue weighted by Crippen LogP contribution is -2.38. The van der Waals surface area contributed by atoms with Crippen molar-refractivity contribution in [3.8, 4) is 17.0 Å². The number of ether oxygens (including phenoxy) is 3. The van der Waals surface area contributed by atoms with Crippen molar-refractivity contribution >= 4 is 17.3 Å². The first-order chi connectivity index (χ1) is 18.8. The standard InChI is InChI=1S/C27H30F3N5O4/c1-17-2-3-20(33-25(36)19-13-24(27(28,29)30)34-32-16-19)14-22(17)18-12-23(35-6-10-38-11-7-35)26(31-15-18)39-21-4-8-37-9-5-21/h2-3,12-16,21,32,34H,4-11H2,1H3,(H,33,36). The number of hydrazine groups is 1. The summed E-state index contributed by atoms with van der Waals surface area (Å²) in [5.41, 5.74) is 6.98. The van der Waals surface area contributed by atoms with Gasteiger partial charge in [-0.1, -0.05) is 6.07 Å². The van der Waals surface area contributed by atoms with E-state index in [0.717, 1.165) is 41.3 Å². The number of halogens is 3. The first-order valence-electron chi connectivity index (χ1n) is 12.8. The van der Waals surface area contributed by atoms with Gasteiger partial charge in [-0.15, -0.1) is 0 Å². The lowest BCUT2D eigenvalue weighted by atomic mass is 10.0. The Balaban J connectivity index is 1.40. The van der Waals surface area contributed by atoms with Crippen LogP contribution in [0.15, 0.2) is 54.0 Å². The normalized spacial score (nSPS) is 18.4. The van der Waals surface area contributed by atoms with E-state index in [2.05, 4.69) is 20.6 Å². The number of anilines is 2. The van der Waals surface area contributed by atoms with Crippen LogP contribution in [0.25, 0.3) is 11.1 Å². The van der Waals surface area contributed by atoms with E-state index >= 15 is 0 Å². The number of carbonyl (C=O) groups is 1. The van der Waals surface area contributed by atoms with E-state index in [1.165, 1.54) is 6.20 Å². The Kier molecular flexibility index (Phi) is 7.94. The molecule has 3 N–H and O–H groups in total. The fraction of sp³-hybridized carbons (Fsp3) is 0.407. The van der Waals surface area contributed by atoms with Crippen LogP contribution in [0.5, 0.6) is 5.88 Å². The summed E-state index contributed by atoms with van der Waals surface area (Å²) in [6.45, 7) is 5.87. The van der Waals surface area contributed by atoms with Crippen molar-refractivity contribution in [2.45, 2.75) is 32.0 Å². The van der Waals surface area contributed by atoms with Gasteiger partial charge in [0.05, 0.1) is 32.0 Å². The lowest BCUT2D eigenvalue weighted by Gasteiger charge is -2.31. The zero-order chi connectivity index (χ0) is 27.4. The third-order valence-electron chi connectivity index (χ3n) is 6.74. The number of aryl methyl sites for hydroxylation is 1. The Morgan fingerprint density at radius 3 is 2.62 bits per heavy atom. The molecule has 1 amide bonds. The highest BCUT2D eigenvalue weighted by atomic mass is 19.4. The molecule has 3 aliphatic rings. The molecule has 2 fully saturated rings. The SMILES string of the molecule is Cc1ccc(NC(=O)C2=CNNC(C(F)(F)F)=C2)cc1-c1cnc(OC2CCOCC2)c(N2CCOCC2)c1. The first kappa shape index (κ1) is 26.8. The zero-order valence-corrected chi connectivity index (χ0v) is 21.4. The third kappa shape index (κ3) is 6.45. The Hall–Kier alpha value is -3.77. The minimum Gasteiger partial charge on any atom is -0.473 e. The van der Waals surface area contributed by atoms with Crippen LogP contribution in [0.4, 0.5) is 24.5 Å². The summed E-state index contributed by atoms with van der Waals surface area (Å²) in [5.74, 6) is -0.111. The maximum Gasteiger partial charge on any atom is 0.432 e. The average molecular weight is 546 g/mol. The summed E-state index contributed by atoms with van der Waals surface area (Å²) in [6, 6.07) is 7.37. The van der Waals surface area contributed by atoms with Crippen molar-refractivity contribution in [2.24, 2.45) is 0 Å². The first-order valence-corrected chi connectivity index (χ1v) is 12.8. The molecule has 0 unspecified atom stereocenters. The molecule has 2 aromatic rings. The number of allylic oxidation sites excluding steroid dienone is 1. The Bertz CT molecular complexity index is 1270. The number of benzene rings is 1. The van der Waals surface area contributed by atoms with E-state index in [4.69, 9.17) is 14.2 Å². The molecule has 208 valence electrons. The minimum absolute atomic E-state index is 0.0304. The van der Waals surface area contributed by atoms with Gasteiger partial charge in [-0.25, -0.2) is 4.98 Å². The predicted molar refractivity (Wildman–Crippen MR) is 139 cm³/mol. The van der Waals surface area contributed by atoms with Crippen LogP contribution in [-0.2, 0) is 14.3 Å². The van der Waals surface area contributed by atoms with E-state index in [1.54, 1.807) is 18.3 Å². The number of hydrogen-bond donors (Lipinski definition) is 3. The third-order valence-corrected chi connectivity index (χ3v) is 6.74. The second kappa shape index (κ2) is 11.5. The maximum absolute atomic E-state index is 13.1. The molecule has 1 aromatic heterocycles. The predicted octanol–water partition coefficient (Wildman–Crippen LogP) is 3.83. The number of nitrogens with one attached hydrogen (secondary N) is 3. The minimum atomic E-state index is -4.62. The number of morpholine rings is 1. The smallest absolute Gasteiger partial charge is 0.432 e. The van der Waals surface area contributed by atoms with Gasteiger partial charge in [0.15, 0.2) is 0 Å². The molecule has 0 aliphatic carbocycles. The van der Waals surface area contributed by atoms with Gasteiger partial charge in [0.1, 0.15) is 17.5 Å². The van der Waals surface area contributed by atoms with Gasteiger partial charge >= 0.3 is 6.18 Å². The number of nitrogens with zero attached hydrogens (tertiary/aromatic N) is 2. The number of rotatable bonds is 6. The van der Waals surface area contributed by atoms with Crippen LogP contribution < -0.4 is 25.8 Å². The lowest BCUT2D eigenvalue weighted by molar-refractivity contribution is -0.112. The number of amides is 1. The Morgan fingerprint density at radius 2 is 1.87 bits per heavy atom. The summed E-state index contributed by atoms with van der Waals surface area (Å²) in [7, 11) is 0. The van der Waals surface area contributed by atoms with Crippen molar-refractivity contribution < 1.29 is 32.2 Å². The largest absolute Gasteiger partial charge is 0.473 e. The van der Waals surface area contributed by atoms with Gasteiger partial charge in [-0.3, -0.25) is 10.2 Å². The van der Waals surface area contributed by atoms with Gasteiger partial charge in [-0.05, 0) is 42.3 Å². The number of pyridine rings is 1. The molecule has 0 atom stereocenters. The fourth-order valence-corrected chi connectivity index (χ4v) is 4.58. The Morgan fingerprint density at radius 1 is 1.13 bits per heavy atom. The molecular formula is C27H30F3N5O4. The molecule has 5 rings (SSSR count). The monoisotopic (exact) mass is 545 g/mol. The van der Waals surface area contributed by atoms with Crippen LogP contribution in [0.2, 0.25) is 0 Å². The topological polar surface area (TPSA) is 97.0 Å². The van der Waals surface area contributed by atoms with Crippen LogP contribution in [0.3, 0.4) is 0 Å². The molecule has 39 heavy (non-hydrogen) atoms. The zero-order valence-electron chi connectivity index (χ0n) is 21.4. The van der Waals surface area contributed by atoms with E-state index < -0.39 is 17.8 Å². The highest BCUT2D eigenvalue weighted by Gasteiger charge is 2.35. The van der Waals surface area contributed by atoms with Crippen molar-refractivity contribution in [1.82, 2.24) is 15.8 Å². The van der Waals surface area contributed by atoms with Gasteiger partial charge in [0.2, 0.25) is 5.88 Å². The maximum atomic E-state index is 13.1. The van der Waals surface area contributed by atoms with Gasteiger partial charge < -0.3 is 29.9 Å². The molecule has 0 bridgehead atoms. The number of carbonyl (C=O) groups excluding carboxylic acids is 1. The molecule has 0 saturated carbocycles. The number of hydrogen-bond acceptors (Lipinski definition) is 8. The van der Waals surface area contributed by atoms with Crippen molar-refractivity contribution in [3.63, 3.8) is 0 Å². The van der Waals surface area contributed by atoms with Crippen LogP contribution in [-0.4, -0.2) is 62.7 Å². The molecule has 0 radical (unpaired) electrons. The number of alkyl halides is 3. The quantitative estimate of drug-likeness (QED) is 0.504. The molecule has 12 heteroatoms. The molecule has 3 aliphatic heterocycles. The van der Waals surface area contributed by atoms with E-state index in [0.29, 0.717) is 51.1 Å². The van der Waals surface area contributed by atoms with E-state index in [1.807, 2.05) is 24.5 Å². The van der Waals surface area contributed by atoms with E-state index in [-0.39, 0.29) is 11.7 Å². The van der Waals surface area contributed by atoms with Crippen LogP contribution >= 0.6 is 0 Å². The summed E-state index contributed by atoms with van der Waals surface area (Å²) in [6.07, 6.45) is 0.692. The van der Waals surface area contributed by atoms with Crippen molar-refractivity contribution in [3.05, 3.63) is 59.6 Å². The fourth-order valence-electron chi connectivity index (χ4n) is 4.58. The molecule has 9 nitrogen and oxygen atoms in total. The summed E-state index contributed by atoms with van der Waals surface area (Å²) < 4.78 is 56.5. The van der Waals surface area contributed by atoms with Crippen LogP contribution in [0, 0.1) is 6.92 Å².